The molecule has 0 spiro atoms. The van der Waals surface area contributed by atoms with Gasteiger partial charge in [0, 0.05) is 59.1 Å². The van der Waals surface area contributed by atoms with Crippen molar-refractivity contribution in [3.8, 4) is 5.69 Å². The molecule has 17 heavy (non-hydrogen) atoms. The average Bonchev–Trinajstić information content (AvgIpc) is 2.65. The summed E-state index contributed by atoms with van der Waals surface area (Å²) in [5, 5.41) is 18.4. The number of hydrogen-bond acceptors (Lipinski definition) is 4. The van der Waals surface area contributed by atoms with Gasteiger partial charge in [0.1, 0.15) is 0 Å². The quantitative estimate of drug-likeness (QED) is 0.603. The van der Waals surface area contributed by atoms with Gasteiger partial charge in [-0.2, -0.15) is 5.21 Å². The van der Waals surface area contributed by atoms with E-state index in [1.165, 1.54) is 16.8 Å². The minimum Gasteiger partial charge on any atom is -0.478 e. The first-order valence-electron chi connectivity index (χ1n) is 4.02. The van der Waals surface area contributed by atoms with Crippen molar-refractivity contribution in [3.05, 3.63) is 34.6 Å². The molecule has 0 saturated heterocycles. The predicted molar refractivity (Wildman–Crippen MR) is 65.0 cm³/mol. The Labute approximate surface area is 146 Å². The van der Waals surface area contributed by atoms with Gasteiger partial charge in [0.25, 0.3) is 0 Å². The van der Waals surface area contributed by atoms with Crippen LogP contribution in [0.4, 0.5) is 0 Å². The summed E-state index contributed by atoms with van der Waals surface area (Å²) in [4.78, 5) is 10.6. The zero-order valence-corrected chi connectivity index (χ0v) is 14.2. The SMILES string of the molecule is O=C(O)c1ccc(-n2[nH]nnc2=S)cc1.[Na].[Na]. The molecule has 0 fully saturated rings. The molecule has 0 bridgehead atoms. The summed E-state index contributed by atoms with van der Waals surface area (Å²) in [6.45, 7) is 0. The molecule has 2 N–H and O–H groups in total. The Kier molecular flexibility index (Phi) is 7.41. The topological polar surface area (TPSA) is 83.8 Å². The Balaban J connectivity index is 0.00000128. The molecule has 0 aliphatic rings. The van der Waals surface area contributed by atoms with Crippen molar-refractivity contribution in [2.75, 3.05) is 0 Å². The number of carboxylic acids is 1. The Bertz CT molecular complexity index is 551. The van der Waals surface area contributed by atoms with E-state index in [1.807, 2.05) is 0 Å². The second-order valence-corrected chi connectivity index (χ2v) is 3.14. The molecule has 1 aromatic carbocycles. The largest absolute Gasteiger partial charge is 0.478 e. The minimum atomic E-state index is -0.965. The van der Waals surface area contributed by atoms with Crippen molar-refractivity contribution in [1.82, 2.24) is 20.2 Å². The van der Waals surface area contributed by atoms with Gasteiger partial charge in [-0.1, -0.05) is 10.3 Å². The fraction of sp³-hybridized carbons (Fsp3) is 0. The Morgan fingerprint density at radius 3 is 2.29 bits per heavy atom. The molecule has 6 nitrogen and oxygen atoms in total. The molecule has 0 aliphatic heterocycles. The molecule has 1 aromatic heterocycles. The molecule has 0 amide bonds. The molecule has 78 valence electrons. The van der Waals surface area contributed by atoms with Gasteiger partial charge in [-0.05, 0) is 36.5 Å². The van der Waals surface area contributed by atoms with Crippen LogP contribution in [0.5, 0.6) is 0 Å². The molecule has 9 heteroatoms. The standard InChI is InChI=1S/C8H6N4O2S.2Na/c13-7(14)5-1-3-6(4-2-5)12-8(15)9-10-11-12;;/h1-4H,(H,13,14)(H,9,11,15);;. The number of benzene rings is 1. The Hall–Kier alpha value is -0.0200. The number of nitrogens with one attached hydrogen (secondary N) is 1. The van der Waals surface area contributed by atoms with Crippen LogP contribution in [0, 0.1) is 4.77 Å². The number of tetrazole rings is 1. The summed E-state index contributed by atoms with van der Waals surface area (Å²) in [5.74, 6) is -0.965. The average molecular weight is 268 g/mol. The Morgan fingerprint density at radius 1 is 1.29 bits per heavy atom. The predicted octanol–water partition coefficient (Wildman–Crippen LogP) is 0.261. The van der Waals surface area contributed by atoms with E-state index in [4.69, 9.17) is 17.3 Å². The van der Waals surface area contributed by atoms with Gasteiger partial charge in [0.05, 0.1) is 11.3 Å². The van der Waals surface area contributed by atoms with E-state index in [2.05, 4.69) is 15.5 Å². The van der Waals surface area contributed by atoms with E-state index >= 15 is 0 Å². The van der Waals surface area contributed by atoms with E-state index in [9.17, 15) is 4.79 Å². The Morgan fingerprint density at radius 2 is 1.88 bits per heavy atom. The first-order chi connectivity index (χ1) is 7.18. The number of aromatic carboxylic acids is 1. The van der Waals surface area contributed by atoms with E-state index in [0.717, 1.165) is 0 Å². The summed E-state index contributed by atoms with van der Waals surface area (Å²) in [7, 11) is 0. The molecular formula is C8H6N4Na2O2S. The molecular weight excluding hydrogens is 262 g/mol. The van der Waals surface area contributed by atoms with Gasteiger partial charge in [0.15, 0.2) is 0 Å². The number of aromatic nitrogens is 4. The van der Waals surface area contributed by atoms with Crippen LogP contribution in [0.25, 0.3) is 5.69 Å². The van der Waals surface area contributed by atoms with E-state index in [1.54, 1.807) is 12.1 Å². The number of aromatic amines is 1. The fourth-order valence-corrected chi connectivity index (χ4v) is 1.31. The summed E-state index contributed by atoms with van der Waals surface area (Å²) >= 11 is 4.89. The van der Waals surface area contributed by atoms with Crippen LogP contribution < -0.4 is 0 Å². The minimum absolute atomic E-state index is 0. The third kappa shape index (κ3) is 3.99. The maximum atomic E-state index is 10.6. The van der Waals surface area contributed by atoms with Crippen molar-refractivity contribution in [2.24, 2.45) is 0 Å². The zero-order valence-electron chi connectivity index (χ0n) is 9.41. The maximum absolute atomic E-state index is 10.6. The van der Waals surface area contributed by atoms with Gasteiger partial charge in [0.2, 0.25) is 4.77 Å². The van der Waals surface area contributed by atoms with E-state index in [-0.39, 0.29) is 69.4 Å². The number of rotatable bonds is 2. The van der Waals surface area contributed by atoms with E-state index in [0.29, 0.717) is 5.69 Å². The molecule has 0 unspecified atom stereocenters. The van der Waals surface area contributed by atoms with Crippen molar-refractivity contribution >= 4 is 77.3 Å². The van der Waals surface area contributed by atoms with Crippen LogP contribution in [0.15, 0.2) is 24.3 Å². The normalized spacial score (nSPS) is 8.94. The van der Waals surface area contributed by atoms with Crippen LogP contribution in [-0.4, -0.2) is 90.4 Å². The van der Waals surface area contributed by atoms with Gasteiger partial charge < -0.3 is 5.11 Å². The van der Waals surface area contributed by atoms with Crippen molar-refractivity contribution < 1.29 is 9.90 Å². The molecule has 2 radical (unpaired) electrons. The number of H-pyrrole nitrogens is 1. The number of carboxylic acid groups (broad SMARTS) is 1. The van der Waals surface area contributed by atoms with Crippen LogP contribution in [-0.2, 0) is 0 Å². The van der Waals surface area contributed by atoms with Crippen LogP contribution in [0.3, 0.4) is 0 Å². The summed E-state index contributed by atoms with van der Waals surface area (Å²) in [6, 6.07) is 6.22. The van der Waals surface area contributed by atoms with Gasteiger partial charge in [-0.3, -0.25) is 0 Å². The van der Waals surface area contributed by atoms with Crippen molar-refractivity contribution in [2.45, 2.75) is 0 Å². The van der Waals surface area contributed by atoms with Gasteiger partial charge in [-0.15, -0.1) is 0 Å². The smallest absolute Gasteiger partial charge is 0.335 e. The number of hydrogen-bond donors (Lipinski definition) is 2. The second-order valence-electron chi connectivity index (χ2n) is 2.77. The van der Waals surface area contributed by atoms with Gasteiger partial charge in [-0.25, -0.2) is 9.48 Å². The second kappa shape index (κ2) is 7.42. The summed E-state index contributed by atoms with van der Waals surface area (Å²) in [6.07, 6.45) is 0. The number of nitrogens with zero attached hydrogens (tertiary/aromatic N) is 3. The molecule has 0 saturated carbocycles. The van der Waals surface area contributed by atoms with Crippen LogP contribution in [0.1, 0.15) is 10.4 Å². The zero-order chi connectivity index (χ0) is 10.8. The van der Waals surface area contributed by atoms with Gasteiger partial charge >= 0.3 is 5.97 Å². The first-order valence-corrected chi connectivity index (χ1v) is 4.43. The molecule has 0 aliphatic carbocycles. The fourth-order valence-electron chi connectivity index (χ4n) is 1.12. The van der Waals surface area contributed by atoms with Crippen molar-refractivity contribution in [3.63, 3.8) is 0 Å². The third-order valence-corrected chi connectivity index (χ3v) is 2.11. The third-order valence-electron chi connectivity index (χ3n) is 1.84. The van der Waals surface area contributed by atoms with E-state index < -0.39 is 5.97 Å². The maximum Gasteiger partial charge on any atom is 0.335 e. The number of carbonyl (C=O) groups is 1. The molecule has 1 heterocycles. The summed E-state index contributed by atoms with van der Waals surface area (Å²) in [5.41, 5.74) is 0.910. The molecule has 0 atom stereocenters. The molecule has 2 rings (SSSR count). The van der Waals surface area contributed by atoms with Crippen LogP contribution in [0.2, 0.25) is 0 Å². The first kappa shape index (κ1) is 17.0. The van der Waals surface area contributed by atoms with Crippen LogP contribution >= 0.6 is 12.2 Å². The monoisotopic (exact) mass is 268 g/mol. The van der Waals surface area contributed by atoms with Crippen molar-refractivity contribution in [1.29, 1.82) is 0 Å². The summed E-state index contributed by atoms with van der Waals surface area (Å²) < 4.78 is 1.76. The molecule has 2 aromatic rings.